The van der Waals surface area contributed by atoms with Crippen molar-refractivity contribution in [2.45, 2.75) is 58.2 Å². The second kappa shape index (κ2) is 10.9. The van der Waals surface area contributed by atoms with E-state index in [1.165, 1.54) is 4.90 Å². The van der Waals surface area contributed by atoms with Crippen molar-refractivity contribution in [1.82, 2.24) is 10.2 Å². The van der Waals surface area contributed by atoms with Crippen molar-refractivity contribution in [3.8, 4) is 5.75 Å². The van der Waals surface area contributed by atoms with Gasteiger partial charge in [0.25, 0.3) is 5.91 Å². The van der Waals surface area contributed by atoms with Gasteiger partial charge in [-0.15, -0.1) is 0 Å². The standard InChI is InChI=1S/C24H28Cl2N2O3/c1-16-8-3-6-13-22(16)31-15-23(29)28(14-19-20(25)11-7-12-21(19)26)17(2)24(30)27-18-9-4-5-10-18/h3,6-8,11-13,17-18H,4-5,9-10,14-15H2,1-2H3,(H,27,30)/t17-/m0/s1. The summed E-state index contributed by atoms with van der Waals surface area (Å²) in [6, 6.07) is 12.2. The third-order valence-corrected chi connectivity index (χ3v) is 6.41. The van der Waals surface area contributed by atoms with Gasteiger partial charge in [0.15, 0.2) is 6.61 Å². The Hall–Kier alpha value is -2.24. The van der Waals surface area contributed by atoms with Gasteiger partial charge in [-0.1, -0.05) is 60.3 Å². The predicted molar refractivity (Wildman–Crippen MR) is 124 cm³/mol. The number of carbonyl (C=O) groups excluding carboxylic acids is 2. The molecule has 0 bridgehead atoms. The van der Waals surface area contributed by atoms with E-state index in [9.17, 15) is 9.59 Å². The molecule has 1 atom stereocenters. The smallest absolute Gasteiger partial charge is 0.261 e. The summed E-state index contributed by atoms with van der Waals surface area (Å²) in [6.45, 7) is 3.57. The van der Waals surface area contributed by atoms with Crippen LogP contribution in [0.15, 0.2) is 42.5 Å². The minimum atomic E-state index is -0.694. The third-order valence-electron chi connectivity index (χ3n) is 5.70. The average Bonchev–Trinajstić information content (AvgIpc) is 3.25. The molecule has 1 aliphatic rings. The first-order valence-electron chi connectivity index (χ1n) is 10.6. The number of nitrogens with one attached hydrogen (secondary N) is 1. The monoisotopic (exact) mass is 462 g/mol. The summed E-state index contributed by atoms with van der Waals surface area (Å²) >= 11 is 12.7. The van der Waals surface area contributed by atoms with Crippen LogP contribution in [0.4, 0.5) is 0 Å². The van der Waals surface area contributed by atoms with E-state index >= 15 is 0 Å². The highest BCUT2D eigenvalue weighted by atomic mass is 35.5. The van der Waals surface area contributed by atoms with Crippen LogP contribution in [0, 0.1) is 6.92 Å². The van der Waals surface area contributed by atoms with E-state index < -0.39 is 6.04 Å². The number of ether oxygens (including phenoxy) is 1. The van der Waals surface area contributed by atoms with E-state index in [-0.39, 0.29) is 31.0 Å². The first-order chi connectivity index (χ1) is 14.9. The molecule has 1 fully saturated rings. The van der Waals surface area contributed by atoms with Crippen molar-refractivity contribution in [2.75, 3.05) is 6.61 Å². The van der Waals surface area contributed by atoms with Crippen LogP contribution in [-0.2, 0) is 16.1 Å². The zero-order valence-electron chi connectivity index (χ0n) is 17.9. The zero-order chi connectivity index (χ0) is 22.4. The second-order valence-electron chi connectivity index (χ2n) is 7.94. The van der Waals surface area contributed by atoms with E-state index in [1.807, 2.05) is 31.2 Å². The summed E-state index contributed by atoms with van der Waals surface area (Å²) in [4.78, 5) is 27.6. The Kier molecular flexibility index (Phi) is 8.22. The summed E-state index contributed by atoms with van der Waals surface area (Å²) in [5.41, 5.74) is 1.54. The maximum absolute atomic E-state index is 13.2. The SMILES string of the molecule is Cc1ccccc1OCC(=O)N(Cc1c(Cl)cccc1Cl)[C@@H](C)C(=O)NC1CCCC1. The lowest BCUT2D eigenvalue weighted by Crippen LogP contribution is -2.50. The Morgan fingerprint density at radius 1 is 1.10 bits per heavy atom. The topological polar surface area (TPSA) is 58.6 Å². The zero-order valence-corrected chi connectivity index (χ0v) is 19.4. The predicted octanol–water partition coefficient (Wildman–Crippen LogP) is 5.16. The first kappa shape index (κ1) is 23.4. The van der Waals surface area contributed by atoms with Crippen molar-refractivity contribution in [1.29, 1.82) is 0 Å². The fourth-order valence-corrected chi connectivity index (χ4v) is 4.29. The number of rotatable bonds is 8. The Morgan fingerprint density at radius 3 is 2.39 bits per heavy atom. The molecule has 0 radical (unpaired) electrons. The summed E-state index contributed by atoms with van der Waals surface area (Å²) in [5, 5.41) is 3.98. The number of hydrogen-bond donors (Lipinski definition) is 1. The molecule has 2 aromatic carbocycles. The molecule has 0 saturated heterocycles. The van der Waals surface area contributed by atoms with Gasteiger partial charge in [0, 0.05) is 28.2 Å². The normalized spacial score (nSPS) is 14.8. The summed E-state index contributed by atoms with van der Waals surface area (Å²) in [5.74, 6) is 0.141. The molecule has 1 saturated carbocycles. The fraction of sp³-hybridized carbons (Fsp3) is 0.417. The molecule has 166 valence electrons. The number of nitrogens with zero attached hydrogens (tertiary/aromatic N) is 1. The number of halogens is 2. The molecule has 31 heavy (non-hydrogen) atoms. The molecule has 0 unspecified atom stereocenters. The summed E-state index contributed by atoms with van der Waals surface area (Å²) < 4.78 is 5.75. The van der Waals surface area contributed by atoms with E-state index in [1.54, 1.807) is 25.1 Å². The number of benzene rings is 2. The third kappa shape index (κ3) is 6.14. The summed E-state index contributed by atoms with van der Waals surface area (Å²) in [7, 11) is 0. The Morgan fingerprint density at radius 2 is 1.74 bits per heavy atom. The minimum absolute atomic E-state index is 0.119. The number of para-hydroxylation sites is 1. The quantitative estimate of drug-likeness (QED) is 0.589. The van der Waals surface area contributed by atoms with Crippen molar-refractivity contribution in [3.63, 3.8) is 0 Å². The van der Waals surface area contributed by atoms with E-state index in [0.29, 0.717) is 21.4 Å². The molecule has 0 spiro atoms. The number of carbonyl (C=O) groups is 2. The molecule has 0 heterocycles. The van der Waals surface area contributed by atoms with Gasteiger partial charge in [-0.2, -0.15) is 0 Å². The van der Waals surface area contributed by atoms with Gasteiger partial charge in [-0.3, -0.25) is 9.59 Å². The van der Waals surface area contributed by atoms with Crippen molar-refractivity contribution in [2.24, 2.45) is 0 Å². The molecular formula is C24H28Cl2N2O3. The fourth-order valence-electron chi connectivity index (χ4n) is 3.77. The largest absolute Gasteiger partial charge is 0.484 e. The van der Waals surface area contributed by atoms with Crippen molar-refractivity contribution in [3.05, 3.63) is 63.6 Å². The van der Waals surface area contributed by atoms with E-state index in [0.717, 1.165) is 31.2 Å². The van der Waals surface area contributed by atoms with Crippen molar-refractivity contribution < 1.29 is 14.3 Å². The summed E-state index contributed by atoms with van der Waals surface area (Å²) in [6.07, 6.45) is 4.17. The van der Waals surface area contributed by atoms with Crippen LogP contribution in [0.3, 0.4) is 0 Å². The molecule has 0 aromatic heterocycles. The second-order valence-corrected chi connectivity index (χ2v) is 8.76. The molecule has 5 nitrogen and oxygen atoms in total. The van der Waals surface area contributed by atoms with Gasteiger partial charge < -0.3 is 15.0 Å². The maximum Gasteiger partial charge on any atom is 0.261 e. The lowest BCUT2D eigenvalue weighted by atomic mass is 10.1. The van der Waals surface area contributed by atoms with Gasteiger partial charge in [0.05, 0.1) is 0 Å². The Balaban J connectivity index is 1.77. The molecule has 7 heteroatoms. The number of amides is 2. The van der Waals surface area contributed by atoms with Crippen LogP contribution in [0.5, 0.6) is 5.75 Å². The highest BCUT2D eigenvalue weighted by molar-refractivity contribution is 6.36. The van der Waals surface area contributed by atoms with Gasteiger partial charge in [-0.25, -0.2) is 0 Å². The maximum atomic E-state index is 13.2. The highest BCUT2D eigenvalue weighted by Crippen LogP contribution is 2.27. The van der Waals surface area contributed by atoms with Crippen LogP contribution in [0.25, 0.3) is 0 Å². The Bertz CT molecular complexity index is 909. The molecule has 1 N–H and O–H groups in total. The molecule has 0 aliphatic heterocycles. The van der Waals surface area contributed by atoms with Crippen LogP contribution < -0.4 is 10.1 Å². The molecule has 2 amide bonds. The number of aryl methyl sites for hydroxylation is 1. The molecule has 2 aromatic rings. The molecular weight excluding hydrogens is 435 g/mol. The van der Waals surface area contributed by atoms with Crippen molar-refractivity contribution >= 4 is 35.0 Å². The lowest BCUT2D eigenvalue weighted by molar-refractivity contribution is -0.142. The van der Waals surface area contributed by atoms with E-state index in [4.69, 9.17) is 27.9 Å². The highest BCUT2D eigenvalue weighted by Gasteiger charge is 2.29. The van der Waals surface area contributed by atoms with Crippen LogP contribution in [-0.4, -0.2) is 35.4 Å². The van der Waals surface area contributed by atoms with Crippen LogP contribution in [0.2, 0.25) is 10.0 Å². The van der Waals surface area contributed by atoms with Gasteiger partial charge in [-0.05, 0) is 50.5 Å². The van der Waals surface area contributed by atoms with Gasteiger partial charge >= 0.3 is 0 Å². The average molecular weight is 463 g/mol. The van der Waals surface area contributed by atoms with Crippen LogP contribution in [0.1, 0.15) is 43.7 Å². The van der Waals surface area contributed by atoms with Gasteiger partial charge in [0.2, 0.25) is 5.91 Å². The Labute approximate surface area is 193 Å². The molecule has 1 aliphatic carbocycles. The lowest BCUT2D eigenvalue weighted by Gasteiger charge is -2.30. The van der Waals surface area contributed by atoms with Gasteiger partial charge in [0.1, 0.15) is 11.8 Å². The minimum Gasteiger partial charge on any atom is -0.484 e. The van der Waals surface area contributed by atoms with E-state index in [2.05, 4.69) is 5.32 Å². The molecule has 3 rings (SSSR count). The first-order valence-corrected chi connectivity index (χ1v) is 11.3. The van der Waals surface area contributed by atoms with Crippen LogP contribution >= 0.6 is 23.2 Å². The number of hydrogen-bond acceptors (Lipinski definition) is 3.